The minimum Gasteiger partial charge on any atom is -0.508 e. The van der Waals surface area contributed by atoms with Crippen molar-refractivity contribution in [3.8, 4) is 5.75 Å². The van der Waals surface area contributed by atoms with Crippen LogP contribution < -0.4 is 5.32 Å². The quantitative estimate of drug-likeness (QED) is 0.779. The molecule has 1 atom stereocenters. The topological polar surface area (TPSA) is 67.1 Å². The van der Waals surface area contributed by atoms with Gasteiger partial charge in [0.15, 0.2) is 0 Å². The van der Waals surface area contributed by atoms with E-state index in [1.807, 2.05) is 47.3 Å². The van der Waals surface area contributed by atoms with E-state index in [9.17, 15) is 9.90 Å². The summed E-state index contributed by atoms with van der Waals surface area (Å²) in [4.78, 5) is 12.2. The Hall–Kier alpha value is -3.08. The van der Waals surface area contributed by atoms with Crippen LogP contribution in [0.25, 0.3) is 0 Å². The number of benzene rings is 2. The smallest absolute Gasteiger partial charge is 0.226 e. The lowest BCUT2D eigenvalue weighted by Gasteiger charge is -2.24. The molecule has 0 saturated heterocycles. The van der Waals surface area contributed by atoms with Crippen molar-refractivity contribution >= 4 is 11.7 Å². The summed E-state index contributed by atoms with van der Waals surface area (Å²) in [5.74, 6) is 0.816. The van der Waals surface area contributed by atoms with Crippen molar-refractivity contribution in [3.63, 3.8) is 0 Å². The second-order valence-corrected chi connectivity index (χ2v) is 5.99. The lowest BCUT2D eigenvalue weighted by atomic mass is 9.87. The van der Waals surface area contributed by atoms with E-state index in [4.69, 9.17) is 0 Å². The Labute approximate surface area is 139 Å². The first-order valence-electron chi connectivity index (χ1n) is 7.89. The normalized spacial score (nSPS) is 16.5. The molecule has 0 saturated carbocycles. The number of fused-ring (bicyclic) bond motifs is 1. The lowest BCUT2D eigenvalue weighted by molar-refractivity contribution is -0.116. The third-order valence-corrected chi connectivity index (χ3v) is 4.34. The van der Waals surface area contributed by atoms with Gasteiger partial charge in [-0.25, -0.2) is 4.68 Å². The van der Waals surface area contributed by atoms with E-state index in [2.05, 4.69) is 10.4 Å². The van der Waals surface area contributed by atoms with E-state index in [0.29, 0.717) is 13.0 Å². The molecule has 2 aromatic carbocycles. The summed E-state index contributed by atoms with van der Waals surface area (Å²) in [6, 6.07) is 17.1. The zero-order valence-corrected chi connectivity index (χ0v) is 13.0. The van der Waals surface area contributed by atoms with Crippen LogP contribution in [0.1, 0.15) is 29.0 Å². The Morgan fingerprint density at radius 2 is 2.00 bits per heavy atom. The van der Waals surface area contributed by atoms with Crippen molar-refractivity contribution in [1.29, 1.82) is 0 Å². The van der Waals surface area contributed by atoms with Gasteiger partial charge in [0, 0.05) is 17.9 Å². The maximum atomic E-state index is 12.2. The van der Waals surface area contributed by atoms with Gasteiger partial charge in [0.25, 0.3) is 0 Å². The van der Waals surface area contributed by atoms with E-state index < -0.39 is 0 Å². The molecule has 0 radical (unpaired) electrons. The van der Waals surface area contributed by atoms with Gasteiger partial charge in [-0.05, 0) is 23.3 Å². The van der Waals surface area contributed by atoms with E-state index in [-0.39, 0.29) is 17.6 Å². The molecule has 0 bridgehead atoms. The third kappa shape index (κ3) is 2.65. The van der Waals surface area contributed by atoms with Crippen LogP contribution in [0, 0.1) is 0 Å². The number of nitrogens with zero attached hydrogens (tertiary/aromatic N) is 2. The second kappa shape index (κ2) is 5.85. The molecule has 0 unspecified atom stereocenters. The van der Waals surface area contributed by atoms with E-state index in [1.54, 1.807) is 18.2 Å². The van der Waals surface area contributed by atoms with Crippen molar-refractivity contribution in [3.05, 3.63) is 77.5 Å². The maximum Gasteiger partial charge on any atom is 0.226 e. The molecule has 0 fully saturated rings. The Morgan fingerprint density at radius 1 is 1.17 bits per heavy atom. The molecule has 1 amide bonds. The molecule has 120 valence electrons. The van der Waals surface area contributed by atoms with Gasteiger partial charge in [0.05, 0.1) is 12.7 Å². The summed E-state index contributed by atoms with van der Waals surface area (Å²) in [6.45, 7) is 0.600. The minimum atomic E-state index is -0.0922. The fraction of sp³-hybridized carbons (Fsp3) is 0.158. The molecule has 1 aromatic heterocycles. The predicted octanol–water partition coefficient (Wildman–Crippen LogP) is 3.11. The highest BCUT2D eigenvalue weighted by atomic mass is 16.3. The van der Waals surface area contributed by atoms with Crippen molar-refractivity contribution < 1.29 is 9.90 Å². The van der Waals surface area contributed by atoms with Crippen LogP contribution in [0.2, 0.25) is 0 Å². The molecule has 4 rings (SSSR count). The van der Waals surface area contributed by atoms with Gasteiger partial charge in [-0.15, -0.1) is 0 Å². The van der Waals surface area contributed by atoms with Crippen molar-refractivity contribution in [2.75, 3.05) is 5.32 Å². The van der Waals surface area contributed by atoms with Gasteiger partial charge in [-0.3, -0.25) is 4.79 Å². The summed E-state index contributed by atoms with van der Waals surface area (Å²) >= 11 is 0. The zero-order valence-electron chi connectivity index (χ0n) is 13.0. The average molecular weight is 319 g/mol. The van der Waals surface area contributed by atoms with Crippen LogP contribution in [0.15, 0.2) is 60.8 Å². The predicted molar refractivity (Wildman–Crippen MR) is 91.0 cm³/mol. The molecule has 2 N–H and O–H groups in total. The second-order valence-electron chi connectivity index (χ2n) is 5.99. The standard InChI is InChI=1S/C19H17N3O2/c23-15-8-4-7-14(9-15)16-10-18(24)21-19-17(16)11-20-22(19)12-13-5-2-1-3-6-13/h1-9,11,16,23H,10,12H2,(H,21,24)/t16-/m0/s1. The van der Waals surface area contributed by atoms with Gasteiger partial charge in [0.2, 0.25) is 5.91 Å². The number of phenols is 1. The van der Waals surface area contributed by atoms with Crippen molar-refractivity contribution in [2.24, 2.45) is 0 Å². The first-order chi connectivity index (χ1) is 11.7. The van der Waals surface area contributed by atoms with Gasteiger partial charge >= 0.3 is 0 Å². The van der Waals surface area contributed by atoms with Gasteiger partial charge in [-0.2, -0.15) is 5.10 Å². The number of nitrogens with one attached hydrogen (secondary N) is 1. The fourth-order valence-electron chi connectivity index (χ4n) is 3.19. The first-order valence-corrected chi connectivity index (χ1v) is 7.89. The molecule has 5 nitrogen and oxygen atoms in total. The summed E-state index contributed by atoms with van der Waals surface area (Å²) in [5.41, 5.74) is 3.03. The molecule has 5 heteroatoms. The van der Waals surface area contributed by atoms with Crippen LogP contribution in [-0.2, 0) is 11.3 Å². The van der Waals surface area contributed by atoms with E-state index >= 15 is 0 Å². The summed E-state index contributed by atoms with van der Waals surface area (Å²) in [6.07, 6.45) is 2.17. The Kier molecular flexibility index (Phi) is 3.54. The van der Waals surface area contributed by atoms with Crippen molar-refractivity contribution in [1.82, 2.24) is 9.78 Å². The Balaban J connectivity index is 1.72. The van der Waals surface area contributed by atoms with Gasteiger partial charge in [-0.1, -0.05) is 42.5 Å². The number of rotatable bonds is 3. The molecule has 0 aliphatic carbocycles. The van der Waals surface area contributed by atoms with E-state index in [1.165, 1.54) is 0 Å². The molecule has 3 aromatic rings. The van der Waals surface area contributed by atoms with Crippen molar-refractivity contribution in [2.45, 2.75) is 18.9 Å². The molecule has 0 spiro atoms. The number of carbonyl (C=O) groups excluding carboxylic acids is 1. The fourth-order valence-corrected chi connectivity index (χ4v) is 3.19. The van der Waals surface area contributed by atoms with Crippen LogP contribution >= 0.6 is 0 Å². The number of amides is 1. The number of anilines is 1. The van der Waals surface area contributed by atoms with Crippen LogP contribution in [0.4, 0.5) is 5.82 Å². The molecule has 24 heavy (non-hydrogen) atoms. The number of aromatic hydroxyl groups is 1. The van der Waals surface area contributed by atoms with E-state index in [0.717, 1.165) is 22.5 Å². The van der Waals surface area contributed by atoms with Gasteiger partial charge in [0.1, 0.15) is 11.6 Å². The summed E-state index contributed by atoms with van der Waals surface area (Å²) in [5, 5.41) is 17.1. The number of hydrogen-bond donors (Lipinski definition) is 2. The average Bonchev–Trinajstić information content (AvgIpc) is 2.98. The monoisotopic (exact) mass is 319 g/mol. The number of aromatic nitrogens is 2. The lowest BCUT2D eigenvalue weighted by Crippen LogP contribution is -2.25. The van der Waals surface area contributed by atoms with Crippen LogP contribution in [-0.4, -0.2) is 20.8 Å². The van der Waals surface area contributed by atoms with Gasteiger partial charge < -0.3 is 10.4 Å². The maximum absolute atomic E-state index is 12.2. The minimum absolute atomic E-state index is 0.0364. The molecular formula is C19H17N3O2. The van der Waals surface area contributed by atoms with Crippen LogP contribution in [0.3, 0.4) is 0 Å². The Morgan fingerprint density at radius 3 is 2.79 bits per heavy atom. The highest BCUT2D eigenvalue weighted by Gasteiger charge is 2.30. The largest absolute Gasteiger partial charge is 0.508 e. The Bertz CT molecular complexity index is 887. The zero-order chi connectivity index (χ0) is 16.5. The van der Waals surface area contributed by atoms with Crippen LogP contribution in [0.5, 0.6) is 5.75 Å². The SMILES string of the molecule is O=C1C[C@@H](c2cccc(O)c2)c2cnn(Cc3ccccc3)c2N1. The molecular weight excluding hydrogens is 302 g/mol. The highest BCUT2D eigenvalue weighted by molar-refractivity contribution is 5.94. The third-order valence-electron chi connectivity index (χ3n) is 4.34. The number of carbonyl (C=O) groups is 1. The number of hydrogen-bond acceptors (Lipinski definition) is 3. The molecule has 1 aliphatic rings. The highest BCUT2D eigenvalue weighted by Crippen LogP contribution is 2.37. The summed E-state index contributed by atoms with van der Waals surface area (Å²) < 4.78 is 1.82. The summed E-state index contributed by atoms with van der Waals surface area (Å²) in [7, 11) is 0. The first kappa shape index (κ1) is 14.5. The molecule has 2 heterocycles. The molecule has 1 aliphatic heterocycles. The number of phenolic OH excluding ortho intramolecular Hbond substituents is 1.